The normalized spacial score (nSPS) is 9.33. The molecular formula is C8H9N3O. The van der Waals surface area contributed by atoms with E-state index in [1.165, 1.54) is 13.1 Å². The molecule has 0 unspecified atom stereocenters. The summed E-state index contributed by atoms with van der Waals surface area (Å²) < 4.78 is 1.60. The molecule has 0 aliphatic rings. The van der Waals surface area contributed by atoms with E-state index in [4.69, 9.17) is 5.26 Å². The Morgan fingerprint density at radius 1 is 1.83 bits per heavy atom. The summed E-state index contributed by atoms with van der Waals surface area (Å²) in [4.78, 5) is 10.6. The lowest BCUT2D eigenvalue weighted by atomic mass is 10.3. The zero-order valence-corrected chi connectivity index (χ0v) is 6.82. The van der Waals surface area contributed by atoms with E-state index in [0.717, 1.165) is 0 Å². The van der Waals surface area contributed by atoms with Crippen LogP contribution in [0.2, 0.25) is 0 Å². The van der Waals surface area contributed by atoms with Crippen LogP contribution in [0.15, 0.2) is 12.4 Å². The van der Waals surface area contributed by atoms with E-state index >= 15 is 0 Å². The molecule has 0 aliphatic carbocycles. The van der Waals surface area contributed by atoms with Gasteiger partial charge in [-0.3, -0.25) is 9.48 Å². The molecule has 4 heteroatoms. The summed E-state index contributed by atoms with van der Waals surface area (Å²) in [6.45, 7) is 2.09. The highest BCUT2D eigenvalue weighted by molar-refractivity contribution is 5.75. The van der Waals surface area contributed by atoms with Crippen LogP contribution in [-0.2, 0) is 11.3 Å². The molecule has 1 aromatic heterocycles. The number of hydrogen-bond donors (Lipinski definition) is 0. The van der Waals surface area contributed by atoms with Crippen LogP contribution in [-0.4, -0.2) is 15.6 Å². The predicted octanol–water partition coefficient (Wildman–Crippen LogP) is 0.734. The summed E-state index contributed by atoms with van der Waals surface area (Å²) in [5.41, 5.74) is 0.526. The number of nitriles is 1. The number of hydrogen-bond acceptors (Lipinski definition) is 3. The minimum Gasteiger partial charge on any atom is -0.300 e. The lowest BCUT2D eigenvalue weighted by Gasteiger charge is -1.95. The second-order valence-corrected chi connectivity index (χ2v) is 2.56. The minimum atomic E-state index is 0.129. The molecule has 0 aliphatic heterocycles. The average molecular weight is 163 g/mol. The van der Waals surface area contributed by atoms with Gasteiger partial charge in [0.2, 0.25) is 0 Å². The minimum absolute atomic E-state index is 0.129. The maximum absolute atomic E-state index is 10.6. The highest BCUT2D eigenvalue weighted by atomic mass is 16.1. The first-order valence-corrected chi connectivity index (χ1v) is 3.64. The van der Waals surface area contributed by atoms with Crippen molar-refractivity contribution in [1.29, 1.82) is 5.26 Å². The number of aromatic nitrogens is 2. The zero-order chi connectivity index (χ0) is 8.97. The van der Waals surface area contributed by atoms with Crippen molar-refractivity contribution in [3.8, 4) is 6.07 Å². The van der Waals surface area contributed by atoms with Crippen molar-refractivity contribution >= 4 is 5.78 Å². The van der Waals surface area contributed by atoms with Crippen molar-refractivity contribution in [2.75, 3.05) is 0 Å². The fourth-order valence-corrected chi connectivity index (χ4v) is 0.816. The maximum Gasteiger partial charge on any atom is 0.131 e. The van der Waals surface area contributed by atoms with Gasteiger partial charge in [-0.1, -0.05) is 0 Å². The third-order valence-electron chi connectivity index (χ3n) is 1.46. The summed E-state index contributed by atoms with van der Waals surface area (Å²) in [7, 11) is 0. The molecule has 0 amide bonds. The lowest BCUT2D eigenvalue weighted by Crippen LogP contribution is -2.02. The summed E-state index contributed by atoms with van der Waals surface area (Å²) in [5.74, 6) is 0.129. The number of Topliss-reactive ketones (excluding diaryl/α,β-unsaturated/α-hetero) is 1. The van der Waals surface area contributed by atoms with Crippen molar-refractivity contribution in [3.63, 3.8) is 0 Å². The summed E-state index contributed by atoms with van der Waals surface area (Å²) in [6, 6.07) is 1.97. The van der Waals surface area contributed by atoms with Crippen LogP contribution in [0.25, 0.3) is 0 Å². The van der Waals surface area contributed by atoms with Gasteiger partial charge in [-0.05, 0) is 6.92 Å². The Morgan fingerprint density at radius 2 is 2.58 bits per heavy atom. The van der Waals surface area contributed by atoms with Crippen molar-refractivity contribution in [3.05, 3.63) is 18.0 Å². The summed E-state index contributed by atoms with van der Waals surface area (Å²) in [5, 5.41) is 12.4. The molecule has 1 heterocycles. The molecule has 0 fully saturated rings. The third kappa shape index (κ3) is 2.20. The Labute approximate surface area is 70.4 Å². The molecule has 1 aromatic rings. The van der Waals surface area contributed by atoms with Gasteiger partial charge in [-0.25, -0.2) is 0 Å². The van der Waals surface area contributed by atoms with Crippen molar-refractivity contribution in [2.45, 2.75) is 19.9 Å². The van der Waals surface area contributed by atoms with Gasteiger partial charge in [0.15, 0.2) is 0 Å². The standard InChI is InChI=1S/C8H9N3O/c1-7(12)2-3-11-6-8(4-9)5-10-11/h5-6H,2-3H2,1H3. The Bertz CT molecular complexity index is 321. The molecule has 0 saturated carbocycles. The quantitative estimate of drug-likeness (QED) is 0.660. The topological polar surface area (TPSA) is 58.7 Å². The maximum atomic E-state index is 10.6. The molecule has 0 saturated heterocycles. The van der Waals surface area contributed by atoms with Gasteiger partial charge in [0.05, 0.1) is 11.8 Å². The molecule has 0 N–H and O–H groups in total. The molecule has 4 nitrogen and oxygen atoms in total. The second kappa shape index (κ2) is 3.67. The Balaban J connectivity index is 2.54. The lowest BCUT2D eigenvalue weighted by molar-refractivity contribution is -0.117. The van der Waals surface area contributed by atoms with Gasteiger partial charge in [0, 0.05) is 19.2 Å². The zero-order valence-electron chi connectivity index (χ0n) is 6.82. The number of rotatable bonds is 3. The Kier molecular flexibility index (Phi) is 2.59. The van der Waals surface area contributed by atoms with E-state index in [0.29, 0.717) is 18.5 Å². The third-order valence-corrected chi connectivity index (χ3v) is 1.46. The van der Waals surface area contributed by atoms with E-state index in [1.807, 2.05) is 6.07 Å². The SMILES string of the molecule is CC(=O)CCn1cc(C#N)cn1. The van der Waals surface area contributed by atoms with E-state index < -0.39 is 0 Å². The molecule has 0 atom stereocenters. The van der Waals surface area contributed by atoms with Gasteiger partial charge < -0.3 is 0 Å². The van der Waals surface area contributed by atoms with Crippen LogP contribution < -0.4 is 0 Å². The first kappa shape index (κ1) is 8.47. The van der Waals surface area contributed by atoms with Crippen LogP contribution in [0.3, 0.4) is 0 Å². The van der Waals surface area contributed by atoms with E-state index in [-0.39, 0.29) is 5.78 Å². The number of aryl methyl sites for hydroxylation is 1. The van der Waals surface area contributed by atoms with Crippen LogP contribution in [0, 0.1) is 11.3 Å². The van der Waals surface area contributed by atoms with Crippen molar-refractivity contribution in [2.24, 2.45) is 0 Å². The van der Waals surface area contributed by atoms with Gasteiger partial charge in [-0.15, -0.1) is 0 Å². The van der Waals surface area contributed by atoms with Crippen molar-refractivity contribution in [1.82, 2.24) is 9.78 Å². The fourth-order valence-electron chi connectivity index (χ4n) is 0.816. The first-order chi connectivity index (χ1) is 5.72. The molecule has 12 heavy (non-hydrogen) atoms. The predicted molar refractivity (Wildman–Crippen MR) is 42.2 cm³/mol. The van der Waals surface area contributed by atoms with Crippen LogP contribution in [0.5, 0.6) is 0 Å². The van der Waals surface area contributed by atoms with E-state index in [9.17, 15) is 4.79 Å². The molecule has 62 valence electrons. The number of carbonyl (C=O) groups is 1. The van der Waals surface area contributed by atoms with Crippen molar-refractivity contribution < 1.29 is 4.79 Å². The first-order valence-electron chi connectivity index (χ1n) is 3.64. The smallest absolute Gasteiger partial charge is 0.131 e. The summed E-state index contributed by atoms with van der Waals surface area (Å²) >= 11 is 0. The van der Waals surface area contributed by atoms with E-state index in [2.05, 4.69) is 5.10 Å². The number of nitrogens with zero attached hydrogens (tertiary/aromatic N) is 3. The molecule has 0 radical (unpaired) electrons. The Hall–Kier alpha value is -1.63. The highest BCUT2D eigenvalue weighted by Gasteiger charge is 1.98. The average Bonchev–Trinajstić information content (AvgIpc) is 2.48. The van der Waals surface area contributed by atoms with Gasteiger partial charge in [0.25, 0.3) is 0 Å². The fraction of sp³-hybridized carbons (Fsp3) is 0.375. The van der Waals surface area contributed by atoms with Crippen LogP contribution in [0.4, 0.5) is 0 Å². The number of ketones is 1. The molecule has 0 bridgehead atoms. The molecule has 0 aromatic carbocycles. The number of carbonyl (C=O) groups excluding carboxylic acids is 1. The molecule has 1 rings (SSSR count). The van der Waals surface area contributed by atoms with Crippen LogP contribution >= 0.6 is 0 Å². The summed E-state index contributed by atoms with van der Waals surface area (Å²) in [6.07, 6.45) is 3.58. The second-order valence-electron chi connectivity index (χ2n) is 2.56. The monoisotopic (exact) mass is 163 g/mol. The van der Waals surface area contributed by atoms with Gasteiger partial charge in [0.1, 0.15) is 11.9 Å². The Morgan fingerprint density at radius 3 is 3.08 bits per heavy atom. The molecular weight excluding hydrogens is 154 g/mol. The van der Waals surface area contributed by atoms with Crippen LogP contribution in [0.1, 0.15) is 18.9 Å². The highest BCUT2D eigenvalue weighted by Crippen LogP contribution is 1.96. The largest absolute Gasteiger partial charge is 0.300 e. The van der Waals surface area contributed by atoms with Gasteiger partial charge in [-0.2, -0.15) is 10.4 Å². The molecule has 0 spiro atoms. The van der Waals surface area contributed by atoms with E-state index in [1.54, 1.807) is 10.9 Å². The van der Waals surface area contributed by atoms with Gasteiger partial charge >= 0.3 is 0 Å².